The largest absolute Gasteiger partial charge is 0.344 e. The van der Waals surface area contributed by atoms with Crippen molar-refractivity contribution in [3.8, 4) is 11.1 Å². The van der Waals surface area contributed by atoms with E-state index in [4.69, 9.17) is 0 Å². The maximum atomic E-state index is 13.4. The lowest BCUT2D eigenvalue weighted by Gasteiger charge is -2.24. The van der Waals surface area contributed by atoms with Crippen molar-refractivity contribution in [2.24, 2.45) is 0 Å². The molecule has 3 aromatic carbocycles. The van der Waals surface area contributed by atoms with Crippen LogP contribution in [-0.4, -0.2) is 30.8 Å². The van der Waals surface area contributed by atoms with Gasteiger partial charge in [0.25, 0.3) is 5.91 Å². The average molecular weight is 463 g/mol. The molecule has 2 atom stereocenters. The number of nitrogens with one attached hydrogen (secondary N) is 2. The molecule has 0 spiro atoms. The zero-order chi connectivity index (χ0) is 24.4. The third-order valence-electron chi connectivity index (χ3n) is 5.75. The first-order valence-corrected chi connectivity index (χ1v) is 10.7. The zero-order valence-corrected chi connectivity index (χ0v) is 18.6. The zero-order valence-electron chi connectivity index (χ0n) is 18.6. The van der Waals surface area contributed by atoms with Crippen LogP contribution in [0.25, 0.3) is 11.1 Å². The van der Waals surface area contributed by atoms with Gasteiger partial charge in [-0.2, -0.15) is 0 Å². The molecule has 6 nitrogen and oxygen atoms in total. The van der Waals surface area contributed by atoms with Crippen LogP contribution in [-0.2, 0) is 20.8 Å². The molecule has 1 heterocycles. The van der Waals surface area contributed by atoms with Gasteiger partial charge >= 0.3 is 0 Å². The first-order chi connectivity index (χ1) is 16.2. The number of hydrogen-bond donors (Lipinski definition) is 2. The fourth-order valence-corrected chi connectivity index (χ4v) is 4.10. The van der Waals surface area contributed by atoms with Gasteiger partial charge in [0, 0.05) is 18.7 Å². The lowest BCUT2D eigenvalue weighted by atomic mass is 9.95. The molecule has 0 saturated heterocycles. The predicted octanol–water partition coefficient (Wildman–Crippen LogP) is 3.51. The minimum absolute atomic E-state index is 0.148. The quantitative estimate of drug-likeness (QED) is 0.608. The second-order valence-corrected chi connectivity index (χ2v) is 8.19. The van der Waals surface area contributed by atoms with E-state index >= 15 is 0 Å². The van der Waals surface area contributed by atoms with E-state index in [1.54, 1.807) is 19.2 Å². The summed E-state index contributed by atoms with van der Waals surface area (Å²) in [5.41, 5.74) is 3.21. The van der Waals surface area contributed by atoms with E-state index < -0.39 is 35.5 Å². The molecule has 1 aliphatic heterocycles. The van der Waals surface area contributed by atoms with Gasteiger partial charge in [0.05, 0.1) is 12.1 Å². The molecular formula is C26H23F2N3O3. The standard InChI is InChI=1S/C26H23F2N3O3/c1-15(29-23(32)13-16-11-17(27)14-18(28)12-16)25(33)30-24-21-9-4-3-7-19(21)20-8-5-6-10-22(20)31(2)26(24)34/h3-12,14-15,24H,13H2,1-2H3,(H,29,32)(H,30,33)/t15-,24-/m0/s1. The Labute approximate surface area is 195 Å². The second-order valence-electron chi connectivity index (χ2n) is 8.19. The third kappa shape index (κ3) is 4.66. The molecule has 2 N–H and O–H groups in total. The Kier molecular flexibility index (Phi) is 6.40. The van der Waals surface area contributed by atoms with Crippen LogP contribution in [0.15, 0.2) is 66.7 Å². The summed E-state index contributed by atoms with van der Waals surface area (Å²) in [7, 11) is 1.65. The van der Waals surface area contributed by atoms with Crippen molar-refractivity contribution in [3.05, 3.63) is 89.5 Å². The summed E-state index contributed by atoms with van der Waals surface area (Å²) >= 11 is 0. The van der Waals surface area contributed by atoms with Gasteiger partial charge in [-0.15, -0.1) is 0 Å². The molecule has 3 aromatic rings. The molecule has 3 amide bonds. The second kappa shape index (κ2) is 9.43. The average Bonchev–Trinajstić information content (AvgIpc) is 2.88. The Morgan fingerprint density at radius 2 is 1.59 bits per heavy atom. The molecule has 34 heavy (non-hydrogen) atoms. The predicted molar refractivity (Wildman–Crippen MR) is 124 cm³/mol. The SMILES string of the molecule is C[C@H](NC(=O)Cc1cc(F)cc(F)c1)C(=O)N[C@@H]1C(=O)N(C)c2ccccc2-c2ccccc21. The van der Waals surface area contributed by atoms with E-state index in [0.717, 1.165) is 28.9 Å². The minimum Gasteiger partial charge on any atom is -0.344 e. The first-order valence-electron chi connectivity index (χ1n) is 10.7. The van der Waals surface area contributed by atoms with Gasteiger partial charge in [-0.05, 0) is 41.8 Å². The van der Waals surface area contributed by atoms with E-state index in [0.29, 0.717) is 11.6 Å². The number of benzene rings is 3. The fourth-order valence-electron chi connectivity index (χ4n) is 4.10. The molecule has 0 saturated carbocycles. The van der Waals surface area contributed by atoms with Gasteiger partial charge in [-0.1, -0.05) is 42.5 Å². The van der Waals surface area contributed by atoms with Crippen LogP contribution >= 0.6 is 0 Å². The van der Waals surface area contributed by atoms with Gasteiger partial charge in [-0.3, -0.25) is 14.4 Å². The normalized spacial score (nSPS) is 15.6. The molecule has 174 valence electrons. The summed E-state index contributed by atoms with van der Waals surface area (Å²) in [4.78, 5) is 40.1. The number of para-hydroxylation sites is 1. The van der Waals surface area contributed by atoms with Crippen molar-refractivity contribution < 1.29 is 23.2 Å². The van der Waals surface area contributed by atoms with Gasteiger partial charge in [0.1, 0.15) is 23.7 Å². The lowest BCUT2D eigenvalue weighted by Crippen LogP contribution is -2.49. The number of rotatable bonds is 5. The summed E-state index contributed by atoms with van der Waals surface area (Å²) in [5.74, 6) is -3.04. The number of halogens is 2. The summed E-state index contributed by atoms with van der Waals surface area (Å²) in [6.45, 7) is 1.48. The van der Waals surface area contributed by atoms with Crippen molar-refractivity contribution in [1.82, 2.24) is 10.6 Å². The number of likely N-dealkylation sites (N-methyl/N-ethyl adjacent to an activating group) is 1. The van der Waals surface area contributed by atoms with Gasteiger partial charge in [-0.25, -0.2) is 8.78 Å². The Bertz CT molecular complexity index is 1260. The summed E-state index contributed by atoms with van der Waals surface area (Å²) in [6.07, 6.45) is -0.296. The maximum Gasteiger partial charge on any atom is 0.253 e. The van der Waals surface area contributed by atoms with Gasteiger partial charge in [0.15, 0.2) is 0 Å². The van der Waals surface area contributed by atoms with Crippen LogP contribution in [0, 0.1) is 11.6 Å². The van der Waals surface area contributed by atoms with E-state index in [2.05, 4.69) is 10.6 Å². The molecule has 0 bridgehead atoms. The highest BCUT2D eigenvalue weighted by atomic mass is 19.1. The van der Waals surface area contributed by atoms with Crippen LogP contribution in [0.2, 0.25) is 0 Å². The monoisotopic (exact) mass is 463 g/mol. The van der Waals surface area contributed by atoms with Crippen LogP contribution < -0.4 is 15.5 Å². The first kappa shape index (κ1) is 23.1. The number of amides is 3. The Hall–Kier alpha value is -4.07. The molecule has 0 fully saturated rings. The van der Waals surface area contributed by atoms with Crippen molar-refractivity contribution in [1.29, 1.82) is 0 Å². The number of anilines is 1. The number of carbonyl (C=O) groups is 3. The fraction of sp³-hybridized carbons (Fsp3) is 0.192. The Balaban J connectivity index is 1.52. The topological polar surface area (TPSA) is 78.5 Å². The number of carbonyl (C=O) groups excluding carboxylic acids is 3. The Morgan fingerprint density at radius 3 is 2.29 bits per heavy atom. The molecule has 0 radical (unpaired) electrons. The number of fused-ring (bicyclic) bond motifs is 3. The highest BCUT2D eigenvalue weighted by Crippen LogP contribution is 2.39. The van der Waals surface area contributed by atoms with E-state index in [9.17, 15) is 23.2 Å². The molecular weight excluding hydrogens is 440 g/mol. The molecule has 0 unspecified atom stereocenters. The molecule has 8 heteroatoms. The minimum atomic E-state index is -0.984. The summed E-state index contributed by atoms with van der Waals surface area (Å²) in [5, 5.41) is 5.27. The molecule has 4 rings (SSSR count). The lowest BCUT2D eigenvalue weighted by molar-refractivity contribution is -0.130. The van der Waals surface area contributed by atoms with Crippen molar-refractivity contribution in [2.45, 2.75) is 25.4 Å². The molecule has 0 aromatic heterocycles. The van der Waals surface area contributed by atoms with E-state index in [1.165, 1.54) is 11.8 Å². The van der Waals surface area contributed by atoms with E-state index in [-0.39, 0.29) is 17.9 Å². The Morgan fingerprint density at radius 1 is 0.971 bits per heavy atom. The number of hydrogen-bond acceptors (Lipinski definition) is 3. The summed E-state index contributed by atoms with van der Waals surface area (Å²) in [6, 6.07) is 15.7. The maximum absolute atomic E-state index is 13.4. The highest BCUT2D eigenvalue weighted by molar-refractivity contribution is 6.06. The molecule has 1 aliphatic rings. The van der Waals surface area contributed by atoms with Crippen LogP contribution in [0.5, 0.6) is 0 Å². The molecule has 0 aliphatic carbocycles. The summed E-state index contributed by atoms with van der Waals surface area (Å²) < 4.78 is 26.8. The van der Waals surface area contributed by atoms with Gasteiger partial charge in [0.2, 0.25) is 11.8 Å². The van der Waals surface area contributed by atoms with Crippen LogP contribution in [0.4, 0.5) is 14.5 Å². The third-order valence-corrected chi connectivity index (χ3v) is 5.75. The van der Waals surface area contributed by atoms with Gasteiger partial charge < -0.3 is 15.5 Å². The van der Waals surface area contributed by atoms with Crippen LogP contribution in [0.3, 0.4) is 0 Å². The van der Waals surface area contributed by atoms with Crippen LogP contribution in [0.1, 0.15) is 24.1 Å². The number of nitrogens with zero attached hydrogens (tertiary/aromatic N) is 1. The van der Waals surface area contributed by atoms with Crippen molar-refractivity contribution in [3.63, 3.8) is 0 Å². The van der Waals surface area contributed by atoms with Crippen molar-refractivity contribution >= 4 is 23.4 Å². The smallest absolute Gasteiger partial charge is 0.253 e. The van der Waals surface area contributed by atoms with Crippen molar-refractivity contribution in [2.75, 3.05) is 11.9 Å². The highest BCUT2D eigenvalue weighted by Gasteiger charge is 2.34. The van der Waals surface area contributed by atoms with E-state index in [1.807, 2.05) is 36.4 Å².